The van der Waals surface area contributed by atoms with Gasteiger partial charge in [0.2, 0.25) is 0 Å². The summed E-state index contributed by atoms with van der Waals surface area (Å²) in [5.41, 5.74) is 7.85. The van der Waals surface area contributed by atoms with E-state index in [1.54, 1.807) is 0 Å². The third kappa shape index (κ3) is 3.74. The molecule has 0 aliphatic heterocycles. The van der Waals surface area contributed by atoms with E-state index < -0.39 is 12.1 Å². The number of benzene rings is 1. The van der Waals surface area contributed by atoms with Crippen molar-refractivity contribution in [2.24, 2.45) is 5.73 Å². The maximum atomic E-state index is 10.9. The number of nitrogens with two attached hydrogens (primary N) is 1. The normalized spacial score (nSPS) is 14.0. The van der Waals surface area contributed by atoms with Gasteiger partial charge >= 0.3 is 5.97 Å². The first-order valence-electron chi connectivity index (χ1n) is 6.19. The van der Waals surface area contributed by atoms with Crippen molar-refractivity contribution in [2.45, 2.75) is 45.8 Å². The van der Waals surface area contributed by atoms with E-state index in [2.05, 4.69) is 0 Å². The van der Waals surface area contributed by atoms with Crippen LogP contribution in [0.25, 0.3) is 0 Å². The summed E-state index contributed by atoms with van der Waals surface area (Å²) < 4.78 is 5.53. The highest BCUT2D eigenvalue weighted by Crippen LogP contribution is 2.26. The molecule has 0 saturated heterocycles. The van der Waals surface area contributed by atoms with Gasteiger partial charge in [-0.1, -0.05) is 25.1 Å². The molecule has 0 radical (unpaired) electrons. The van der Waals surface area contributed by atoms with Gasteiger partial charge in [-0.05, 0) is 37.8 Å². The van der Waals surface area contributed by atoms with Gasteiger partial charge in [0.15, 0.2) is 6.10 Å². The molecule has 0 spiro atoms. The van der Waals surface area contributed by atoms with Gasteiger partial charge in [0, 0.05) is 6.04 Å². The second kappa shape index (κ2) is 6.40. The summed E-state index contributed by atoms with van der Waals surface area (Å²) in [7, 11) is 0. The van der Waals surface area contributed by atoms with Crippen LogP contribution in [-0.4, -0.2) is 23.2 Å². The van der Waals surface area contributed by atoms with E-state index in [-0.39, 0.29) is 6.04 Å². The van der Waals surface area contributed by atoms with E-state index in [9.17, 15) is 4.79 Å². The topological polar surface area (TPSA) is 72.5 Å². The number of aliphatic carboxylic acids is 1. The van der Waals surface area contributed by atoms with Crippen LogP contribution in [-0.2, 0) is 11.2 Å². The molecular weight excluding hydrogens is 230 g/mol. The molecule has 0 bridgehead atoms. The minimum atomic E-state index is -0.969. The Balaban J connectivity index is 2.97. The minimum absolute atomic E-state index is 0.0642. The van der Waals surface area contributed by atoms with Crippen molar-refractivity contribution in [3.05, 3.63) is 29.3 Å². The van der Waals surface area contributed by atoms with Gasteiger partial charge < -0.3 is 15.6 Å². The molecule has 0 heterocycles. The van der Waals surface area contributed by atoms with Crippen LogP contribution in [0.5, 0.6) is 5.75 Å². The number of ether oxygens (including phenoxy) is 1. The lowest BCUT2D eigenvalue weighted by Crippen LogP contribution is -2.25. The molecule has 3 N–H and O–H groups in total. The fourth-order valence-electron chi connectivity index (χ4n) is 1.70. The van der Waals surface area contributed by atoms with Crippen molar-refractivity contribution in [1.82, 2.24) is 0 Å². The summed E-state index contributed by atoms with van der Waals surface area (Å²) in [5.74, 6) is -0.319. The van der Waals surface area contributed by atoms with Gasteiger partial charge in [-0.2, -0.15) is 0 Å². The Hall–Kier alpha value is -1.55. The summed E-state index contributed by atoms with van der Waals surface area (Å²) >= 11 is 0. The number of carboxylic acid groups (broad SMARTS) is 1. The van der Waals surface area contributed by atoms with Crippen LogP contribution in [0.3, 0.4) is 0 Å². The lowest BCUT2D eigenvalue weighted by molar-refractivity contribution is -0.144. The minimum Gasteiger partial charge on any atom is -0.479 e. The maximum Gasteiger partial charge on any atom is 0.344 e. The maximum absolute atomic E-state index is 10.9. The monoisotopic (exact) mass is 251 g/mol. The van der Waals surface area contributed by atoms with E-state index in [0.717, 1.165) is 17.5 Å². The second-order valence-corrected chi connectivity index (χ2v) is 4.53. The van der Waals surface area contributed by atoms with Crippen LogP contribution in [0, 0.1) is 6.92 Å². The Kier molecular flexibility index (Phi) is 5.16. The third-order valence-electron chi connectivity index (χ3n) is 2.94. The summed E-state index contributed by atoms with van der Waals surface area (Å²) in [6.07, 6.45) is 0.713. The Morgan fingerprint density at radius 3 is 2.72 bits per heavy atom. The second-order valence-electron chi connectivity index (χ2n) is 4.53. The number of hydrogen-bond donors (Lipinski definition) is 2. The zero-order valence-electron chi connectivity index (χ0n) is 11.1. The average Bonchev–Trinajstić information content (AvgIpc) is 2.32. The zero-order valence-corrected chi connectivity index (χ0v) is 11.1. The summed E-state index contributed by atoms with van der Waals surface area (Å²) in [6, 6.07) is 5.84. The SMILES string of the molecule is CCC(N)Cc1cccc(C)c1OC(C)C(=O)O. The van der Waals surface area contributed by atoms with E-state index in [1.165, 1.54) is 6.92 Å². The molecule has 4 nitrogen and oxygen atoms in total. The number of rotatable bonds is 6. The molecule has 0 amide bonds. The first-order valence-corrected chi connectivity index (χ1v) is 6.19. The lowest BCUT2D eigenvalue weighted by Gasteiger charge is -2.18. The molecule has 1 aromatic rings. The number of carboxylic acids is 1. The van der Waals surface area contributed by atoms with Gasteiger partial charge in [0.1, 0.15) is 5.75 Å². The largest absolute Gasteiger partial charge is 0.479 e. The first kappa shape index (κ1) is 14.5. The molecule has 100 valence electrons. The highest BCUT2D eigenvalue weighted by Gasteiger charge is 2.17. The lowest BCUT2D eigenvalue weighted by atomic mass is 10.0. The van der Waals surface area contributed by atoms with Gasteiger partial charge in [-0.15, -0.1) is 0 Å². The van der Waals surface area contributed by atoms with E-state index in [0.29, 0.717) is 12.2 Å². The number of carbonyl (C=O) groups is 1. The summed E-state index contributed by atoms with van der Waals surface area (Å²) in [6.45, 7) is 5.46. The molecule has 2 unspecified atom stereocenters. The average molecular weight is 251 g/mol. The van der Waals surface area contributed by atoms with Crippen molar-refractivity contribution in [1.29, 1.82) is 0 Å². The van der Waals surface area contributed by atoms with Crippen LogP contribution in [0.15, 0.2) is 18.2 Å². The number of aryl methyl sites for hydroxylation is 1. The molecule has 1 rings (SSSR count). The molecule has 18 heavy (non-hydrogen) atoms. The van der Waals surface area contributed by atoms with Crippen molar-refractivity contribution in [3.63, 3.8) is 0 Å². The Bertz CT molecular complexity index is 418. The Morgan fingerprint density at radius 1 is 1.50 bits per heavy atom. The highest BCUT2D eigenvalue weighted by molar-refractivity contribution is 5.72. The molecular formula is C14H21NO3. The fourth-order valence-corrected chi connectivity index (χ4v) is 1.70. The van der Waals surface area contributed by atoms with Crippen LogP contribution >= 0.6 is 0 Å². The van der Waals surface area contributed by atoms with Crippen LogP contribution in [0.4, 0.5) is 0 Å². The third-order valence-corrected chi connectivity index (χ3v) is 2.94. The first-order chi connectivity index (χ1) is 8.45. The van der Waals surface area contributed by atoms with Crippen LogP contribution in [0.1, 0.15) is 31.4 Å². The van der Waals surface area contributed by atoms with Crippen molar-refractivity contribution < 1.29 is 14.6 Å². The van der Waals surface area contributed by atoms with Crippen LogP contribution in [0.2, 0.25) is 0 Å². The molecule has 0 saturated carbocycles. The van der Waals surface area contributed by atoms with E-state index >= 15 is 0 Å². The Morgan fingerprint density at radius 2 is 2.17 bits per heavy atom. The van der Waals surface area contributed by atoms with E-state index in [4.69, 9.17) is 15.6 Å². The quantitative estimate of drug-likeness (QED) is 0.812. The molecule has 0 fully saturated rings. The van der Waals surface area contributed by atoms with Crippen molar-refractivity contribution in [3.8, 4) is 5.75 Å². The van der Waals surface area contributed by atoms with Crippen molar-refractivity contribution >= 4 is 5.97 Å². The fraction of sp³-hybridized carbons (Fsp3) is 0.500. The van der Waals surface area contributed by atoms with Gasteiger partial charge in [0.05, 0.1) is 0 Å². The predicted octanol–water partition coefficient (Wildman–Crippen LogP) is 2.13. The molecule has 1 aromatic carbocycles. The smallest absolute Gasteiger partial charge is 0.344 e. The Labute approximate surface area is 108 Å². The molecule has 0 aliphatic rings. The predicted molar refractivity (Wildman–Crippen MR) is 70.9 cm³/mol. The van der Waals surface area contributed by atoms with Gasteiger partial charge in [-0.25, -0.2) is 4.79 Å². The van der Waals surface area contributed by atoms with Crippen molar-refractivity contribution in [2.75, 3.05) is 0 Å². The zero-order chi connectivity index (χ0) is 13.7. The van der Waals surface area contributed by atoms with Gasteiger partial charge in [0.25, 0.3) is 0 Å². The number of hydrogen-bond acceptors (Lipinski definition) is 3. The molecule has 4 heteroatoms. The standard InChI is InChI=1S/C14H21NO3/c1-4-12(15)8-11-7-5-6-9(2)13(11)18-10(3)14(16)17/h5-7,10,12H,4,8,15H2,1-3H3,(H,16,17). The van der Waals surface area contributed by atoms with Crippen LogP contribution < -0.4 is 10.5 Å². The molecule has 0 aromatic heterocycles. The van der Waals surface area contributed by atoms with Gasteiger partial charge in [-0.3, -0.25) is 0 Å². The summed E-state index contributed by atoms with van der Waals surface area (Å²) in [4.78, 5) is 10.9. The highest BCUT2D eigenvalue weighted by atomic mass is 16.5. The van der Waals surface area contributed by atoms with E-state index in [1.807, 2.05) is 32.0 Å². The molecule has 0 aliphatic carbocycles. The number of para-hydroxylation sites is 1. The summed E-state index contributed by atoms with van der Waals surface area (Å²) in [5, 5.41) is 8.90. The molecule has 2 atom stereocenters.